The third-order valence-corrected chi connectivity index (χ3v) is 4.58. The molecular formula is C17H21ClN2O4. The maximum Gasteiger partial charge on any atom is 0.329 e. The predicted molar refractivity (Wildman–Crippen MR) is 91.0 cm³/mol. The highest BCUT2D eigenvalue weighted by molar-refractivity contribution is 6.33. The second kappa shape index (κ2) is 7.21. The first-order valence-corrected chi connectivity index (χ1v) is 8.26. The number of hydrogen-bond donors (Lipinski definition) is 2. The Labute approximate surface area is 145 Å². The minimum atomic E-state index is -1.33. The second-order valence-corrected chi connectivity index (χ2v) is 6.64. The van der Waals surface area contributed by atoms with Crippen molar-refractivity contribution >= 4 is 35.1 Å². The smallest absolute Gasteiger partial charge is 0.329 e. The number of amides is 2. The molecule has 0 bridgehead atoms. The minimum absolute atomic E-state index is 0.0406. The number of nitrogens with one attached hydrogen (secondary N) is 1. The van der Waals surface area contributed by atoms with Gasteiger partial charge >= 0.3 is 5.97 Å². The molecule has 1 saturated heterocycles. The predicted octanol–water partition coefficient (Wildman–Crippen LogP) is 2.45. The number of carbonyl (C=O) groups is 3. The molecule has 2 unspecified atom stereocenters. The fourth-order valence-electron chi connectivity index (χ4n) is 2.88. The average Bonchev–Trinajstić information content (AvgIpc) is 2.90. The van der Waals surface area contributed by atoms with E-state index >= 15 is 0 Å². The van der Waals surface area contributed by atoms with E-state index in [9.17, 15) is 19.5 Å². The van der Waals surface area contributed by atoms with Crippen molar-refractivity contribution in [2.45, 2.75) is 38.6 Å². The number of rotatable bonds is 6. The SMILES string of the molecule is CCCC(C)(NC(=O)C1CC(=O)N(c2ccccc2Cl)C1)C(=O)O. The van der Waals surface area contributed by atoms with Gasteiger partial charge in [-0.05, 0) is 25.5 Å². The Morgan fingerprint density at radius 2 is 2.08 bits per heavy atom. The molecule has 0 aliphatic carbocycles. The van der Waals surface area contributed by atoms with Crippen LogP contribution in [0.3, 0.4) is 0 Å². The van der Waals surface area contributed by atoms with E-state index in [4.69, 9.17) is 11.6 Å². The Bertz CT molecular complexity index is 664. The van der Waals surface area contributed by atoms with Crippen molar-refractivity contribution in [3.63, 3.8) is 0 Å². The molecule has 1 aromatic rings. The number of halogens is 1. The first kappa shape index (κ1) is 18.3. The molecule has 1 fully saturated rings. The van der Waals surface area contributed by atoms with Crippen LogP contribution in [0.4, 0.5) is 5.69 Å². The topological polar surface area (TPSA) is 86.7 Å². The highest BCUT2D eigenvalue weighted by Crippen LogP contribution is 2.31. The van der Waals surface area contributed by atoms with Crippen LogP contribution in [-0.4, -0.2) is 35.0 Å². The lowest BCUT2D eigenvalue weighted by Crippen LogP contribution is -2.54. The Balaban J connectivity index is 2.12. The summed E-state index contributed by atoms with van der Waals surface area (Å²) in [5.41, 5.74) is -0.763. The Morgan fingerprint density at radius 1 is 1.42 bits per heavy atom. The molecule has 2 atom stereocenters. The molecule has 24 heavy (non-hydrogen) atoms. The fourth-order valence-corrected chi connectivity index (χ4v) is 3.12. The van der Waals surface area contributed by atoms with Crippen molar-refractivity contribution in [2.75, 3.05) is 11.4 Å². The minimum Gasteiger partial charge on any atom is -0.480 e. The lowest BCUT2D eigenvalue weighted by Gasteiger charge is -2.27. The third-order valence-electron chi connectivity index (χ3n) is 4.26. The molecule has 130 valence electrons. The summed E-state index contributed by atoms with van der Waals surface area (Å²) in [5.74, 6) is -2.29. The summed E-state index contributed by atoms with van der Waals surface area (Å²) >= 11 is 6.11. The summed E-state index contributed by atoms with van der Waals surface area (Å²) in [6.07, 6.45) is 0.986. The third kappa shape index (κ3) is 3.70. The van der Waals surface area contributed by atoms with Crippen molar-refractivity contribution in [3.8, 4) is 0 Å². The van der Waals surface area contributed by atoms with Gasteiger partial charge in [-0.25, -0.2) is 4.79 Å². The van der Waals surface area contributed by atoms with Gasteiger partial charge in [0.1, 0.15) is 5.54 Å². The molecular weight excluding hydrogens is 332 g/mol. The van der Waals surface area contributed by atoms with E-state index in [2.05, 4.69) is 5.32 Å². The number of aliphatic carboxylic acids is 1. The van der Waals surface area contributed by atoms with Crippen molar-refractivity contribution in [1.29, 1.82) is 0 Å². The van der Waals surface area contributed by atoms with Gasteiger partial charge in [0.05, 0.1) is 16.6 Å². The number of nitrogens with zero attached hydrogens (tertiary/aromatic N) is 1. The standard InChI is InChI=1S/C17H21ClN2O4/c1-3-8-17(2,16(23)24)19-15(22)11-9-14(21)20(10-11)13-7-5-4-6-12(13)18/h4-7,11H,3,8-10H2,1-2H3,(H,19,22)(H,23,24). The van der Waals surface area contributed by atoms with E-state index in [1.165, 1.54) is 11.8 Å². The highest BCUT2D eigenvalue weighted by Gasteiger charge is 2.40. The molecule has 0 aromatic heterocycles. The zero-order valence-electron chi connectivity index (χ0n) is 13.7. The van der Waals surface area contributed by atoms with Gasteiger partial charge in [-0.2, -0.15) is 0 Å². The summed E-state index contributed by atoms with van der Waals surface area (Å²) in [6.45, 7) is 3.53. The van der Waals surface area contributed by atoms with Crippen LogP contribution in [0.15, 0.2) is 24.3 Å². The first-order chi connectivity index (χ1) is 11.3. The molecule has 1 aliphatic rings. The van der Waals surface area contributed by atoms with Gasteiger partial charge < -0.3 is 15.3 Å². The van der Waals surface area contributed by atoms with E-state index in [0.29, 0.717) is 23.6 Å². The molecule has 1 aliphatic heterocycles. The van der Waals surface area contributed by atoms with Gasteiger partial charge in [-0.3, -0.25) is 9.59 Å². The molecule has 2 rings (SSSR count). The van der Waals surface area contributed by atoms with Crippen molar-refractivity contribution < 1.29 is 19.5 Å². The van der Waals surface area contributed by atoms with Crippen LogP contribution in [-0.2, 0) is 14.4 Å². The van der Waals surface area contributed by atoms with Gasteiger partial charge in [0, 0.05) is 13.0 Å². The number of carboxylic acids is 1. The fraction of sp³-hybridized carbons (Fsp3) is 0.471. The molecule has 7 heteroatoms. The van der Waals surface area contributed by atoms with E-state index in [1.54, 1.807) is 24.3 Å². The molecule has 1 aromatic carbocycles. The lowest BCUT2D eigenvalue weighted by molar-refractivity contribution is -0.147. The lowest BCUT2D eigenvalue weighted by atomic mass is 9.95. The zero-order chi connectivity index (χ0) is 17.9. The highest BCUT2D eigenvalue weighted by atomic mass is 35.5. The molecule has 2 amide bonds. The average molecular weight is 353 g/mol. The van der Waals surface area contributed by atoms with Crippen LogP contribution in [0.1, 0.15) is 33.1 Å². The zero-order valence-corrected chi connectivity index (χ0v) is 14.5. The van der Waals surface area contributed by atoms with E-state index in [0.717, 1.165) is 0 Å². The maximum absolute atomic E-state index is 12.5. The van der Waals surface area contributed by atoms with Crippen LogP contribution in [0, 0.1) is 5.92 Å². The first-order valence-electron chi connectivity index (χ1n) is 7.89. The Hall–Kier alpha value is -2.08. The summed E-state index contributed by atoms with van der Waals surface area (Å²) < 4.78 is 0. The molecule has 1 heterocycles. The molecule has 6 nitrogen and oxygen atoms in total. The van der Waals surface area contributed by atoms with Gasteiger partial charge in [-0.15, -0.1) is 0 Å². The van der Waals surface area contributed by atoms with Crippen molar-refractivity contribution in [2.24, 2.45) is 5.92 Å². The van der Waals surface area contributed by atoms with Gasteiger partial charge in [0.2, 0.25) is 11.8 Å². The van der Waals surface area contributed by atoms with Crippen LogP contribution in [0.5, 0.6) is 0 Å². The number of hydrogen-bond acceptors (Lipinski definition) is 3. The quantitative estimate of drug-likeness (QED) is 0.823. The summed E-state index contributed by atoms with van der Waals surface area (Å²) in [6, 6.07) is 6.93. The maximum atomic E-state index is 12.5. The molecule has 2 N–H and O–H groups in total. The van der Waals surface area contributed by atoms with Gasteiger partial charge in [-0.1, -0.05) is 37.1 Å². The van der Waals surface area contributed by atoms with Crippen LogP contribution < -0.4 is 10.2 Å². The largest absolute Gasteiger partial charge is 0.480 e. The van der Waals surface area contributed by atoms with Crippen molar-refractivity contribution in [1.82, 2.24) is 5.32 Å². The monoisotopic (exact) mass is 352 g/mol. The number of benzene rings is 1. The summed E-state index contributed by atoms with van der Waals surface area (Å²) in [5, 5.41) is 12.4. The number of carboxylic acid groups (broad SMARTS) is 1. The van der Waals surface area contributed by atoms with E-state index < -0.39 is 23.3 Å². The number of para-hydroxylation sites is 1. The Morgan fingerprint density at radius 3 is 2.67 bits per heavy atom. The van der Waals surface area contributed by atoms with Gasteiger partial charge in [0.15, 0.2) is 0 Å². The van der Waals surface area contributed by atoms with E-state index in [1.807, 2.05) is 6.92 Å². The van der Waals surface area contributed by atoms with Crippen LogP contribution in [0.25, 0.3) is 0 Å². The number of anilines is 1. The van der Waals surface area contributed by atoms with E-state index in [-0.39, 0.29) is 18.9 Å². The normalized spacial score (nSPS) is 19.9. The summed E-state index contributed by atoms with van der Waals surface area (Å²) in [4.78, 5) is 37.6. The second-order valence-electron chi connectivity index (χ2n) is 6.23. The van der Waals surface area contributed by atoms with Crippen LogP contribution >= 0.6 is 11.6 Å². The summed E-state index contributed by atoms with van der Waals surface area (Å²) in [7, 11) is 0. The Kier molecular flexibility index (Phi) is 5.49. The molecule has 0 radical (unpaired) electrons. The van der Waals surface area contributed by atoms with Crippen molar-refractivity contribution in [3.05, 3.63) is 29.3 Å². The molecule has 0 spiro atoms. The van der Waals surface area contributed by atoms with Crippen LogP contribution in [0.2, 0.25) is 5.02 Å². The molecule has 0 saturated carbocycles. The van der Waals surface area contributed by atoms with Gasteiger partial charge in [0.25, 0.3) is 0 Å². The number of carbonyl (C=O) groups excluding carboxylic acids is 2.